The summed E-state index contributed by atoms with van der Waals surface area (Å²) in [4.78, 5) is 13.4. The van der Waals surface area contributed by atoms with Gasteiger partial charge in [-0.15, -0.1) is 0 Å². The van der Waals surface area contributed by atoms with E-state index in [0.29, 0.717) is 6.61 Å². The monoisotopic (exact) mass is 214 g/mol. The predicted octanol–water partition coefficient (Wildman–Crippen LogP) is 1.73. The third kappa shape index (κ3) is 3.70. The molecule has 15 heavy (non-hydrogen) atoms. The first kappa shape index (κ1) is 12.3. The van der Waals surface area contributed by atoms with Gasteiger partial charge >= 0.3 is 6.09 Å². The fourth-order valence-electron chi connectivity index (χ4n) is 1.87. The zero-order chi connectivity index (χ0) is 11.3. The van der Waals surface area contributed by atoms with Crippen LogP contribution in [0.1, 0.15) is 39.5 Å². The number of nitrogens with two attached hydrogens (primary N) is 1. The Morgan fingerprint density at radius 1 is 1.60 bits per heavy atom. The Labute approximate surface area is 91.8 Å². The lowest BCUT2D eigenvalue weighted by molar-refractivity contribution is 0.0732. The second kappa shape index (κ2) is 5.95. The highest BCUT2D eigenvalue weighted by Crippen LogP contribution is 2.16. The third-order valence-electron chi connectivity index (χ3n) is 2.87. The Balaban J connectivity index is 2.32. The van der Waals surface area contributed by atoms with Gasteiger partial charge in [-0.25, -0.2) is 4.79 Å². The van der Waals surface area contributed by atoms with Crippen LogP contribution in [-0.4, -0.2) is 36.2 Å². The van der Waals surface area contributed by atoms with E-state index >= 15 is 0 Å². The summed E-state index contributed by atoms with van der Waals surface area (Å²) in [6, 6.07) is 0.447. The van der Waals surface area contributed by atoms with E-state index in [2.05, 4.69) is 6.92 Å². The van der Waals surface area contributed by atoms with Crippen molar-refractivity contribution in [3.63, 3.8) is 0 Å². The summed E-state index contributed by atoms with van der Waals surface area (Å²) in [5.41, 5.74) is 5.83. The minimum atomic E-state index is -0.178. The van der Waals surface area contributed by atoms with Crippen LogP contribution in [-0.2, 0) is 4.74 Å². The van der Waals surface area contributed by atoms with Crippen LogP contribution < -0.4 is 5.73 Å². The number of rotatable bonds is 3. The minimum absolute atomic E-state index is 0.178. The van der Waals surface area contributed by atoms with Gasteiger partial charge in [0.2, 0.25) is 0 Å². The first-order valence-electron chi connectivity index (χ1n) is 5.84. The Hall–Kier alpha value is -0.770. The highest BCUT2D eigenvalue weighted by atomic mass is 16.6. The van der Waals surface area contributed by atoms with Crippen molar-refractivity contribution in [1.29, 1.82) is 0 Å². The molecular formula is C11H22N2O2. The van der Waals surface area contributed by atoms with Crippen LogP contribution in [0.4, 0.5) is 4.79 Å². The molecule has 0 unspecified atom stereocenters. The lowest BCUT2D eigenvalue weighted by Gasteiger charge is -2.35. The lowest BCUT2D eigenvalue weighted by Crippen LogP contribution is -2.48. The average molecular weight is 214 g/mol. The quantitative estimate of drug-likeness (QED) is 0.728. The van der Waals surface area contributed by atoms with Crippen LogP contribution >= 0.6 is 0 Å². The molecule has 0 aliphatic carbocycles. The van der Waals surface area contributed by atoms with Gasteiger partial charge in [-0.3, -0.25) is 0 Å². The van der Waals surface area contributed by atoms with Gasteiger partial charge in [0, 0.05) is 18.6 Å². The summed E-state index contributed by atoms with van der Waals surface area (Å²) in [5.74, 6) is 0. The van der Waals surface area contributed by atoms with Crippen molar-refractivity contribution in [2.24, 2.45) is 5.73 Å². The molecule has 1 amide bonds. The number of hydrogen-bond donors (Lipinski definition) is 1. The van der Waals surface area contributed by atoms with E-state index in [1.165, 1.54) is 0 Å². The summed E-state index contributed by atoms with van der Waals surface area (Å²) in [5, 5.41) is 0. The summed E-state index contributed by atoms with van der Waals surface area (Å²) >= 11 is 0. The van der Waals surface area contributed by atoms with Crippen LogP contribution in [0.2, 0.25) is 0 Å². The maximum atomic E-state index is 11.7. The van der Waals surface area contributed by atoms with E-state index in [0.717, 1.165) is 32.2 Å². The first-order chi connectivity index (χ1) is 7.15. The highest BCUT2D eigenvalue weighted by Gasteiger charge is 2.27. The van der Waals surface area contributed by atoms with Gasteiger partial charge in [0.15, 0.2) is 0 Å². The molecule has 1 rings (SSSR count). The molecule has 1 fully saturated rings. The smallest absolute Gasteiger partial charge is 0.409 e. The number of ether oxygens (including phenoxy) is 1. The Morgan fingerprint density at radius 2 is 2.33 bits per heavy atom. The van der Waals surface area contributed by atoms with E-state index in [-0.39, 0.29) is 18.2 Å². The van der Waals surface area contributed by atoms with Gasteiger partial charge in [-0.1, -0.05) is 13.3 Å². The Kier molecular flexibility index (Phi) is 4.88. The molecule has 1 saturated heterocycles. The van der Waals surface area contributed by atoms with Gasteiger partial charge in [-0.2, -0.15) is 0 Å². The Bertz CT molecular complexity index is 209. The summed E-state index contributed by atoms with van der Waals surface area (Å²) in [6.45, 7) is 5.37. The molecule has 1 aliphatic rings. The second-order valence-corrected chi connectivity index (χ2v) is 4.29. The molecule has 2 atom stereocenters. The van der Waals surface area contributed by atoms with Crippen molar-refractivity contribution in [2.45, 2.75) is 51.6 Å². The predicted molar refractivity (Wildman–Crippen MR) is 59.6 cm³/mol. The molecule has 4 heteroatoms. The molecule has 0 aromatic carbocycles. The summed E-state index contributed by atoms with van der Waals surface area (Å²) < 4.78 is 5.17. The topological polar surface area (TPSA) is 55.6 Å². The number of carbonyl (C=O) groups is 1. The zero-order valence-corrected chi connectivity index (χ0v) is 9.74. The van der Waals surface area contributed by atoms with E-state index in [4.69, 9.17) is 10.5 Å². The average Bonchev–Trinajstić information content (AvgIpc) is 2.17. The number of piperidine rings is 1. The molecule has 1 aliphatic heterocycles. The fourth-order valence-corrected chi connectivity index (χ4v) is 1.87. The molecule has 0 aromatic rings. The summed E-state index contributed by atoms with van der Waals surface area (Å²) in [6.07, 6.45) is 3.57. The van der Waals surface area contributed by atoms with Gasteiger partial charge in [0.1, 0.15) is 0 Å². The van der Waals surface area contributed by atoms with Crippen molar-refractivity contribution in [3.05, 3.63) is 0 Å². The SMILES string of the molecule is CCCCOC(=O)N1CC[C@H](N)C[C@@H]1C. The van der Waals surface area contributed by atoms with E-state index < -0.39 is 0 Å². The van der Waals surface area contributed by atoms with Crippen LogP contribution in [0.25, 0.3) is 0 Å². The van der Waals surface area contributed by atoms with Crippen molar-refractivity contribution in [3.8, 4) is 0 Å². The van der Waals surface area contributed by atoms with Crippen molar-refractivity contribution in [1.82, 2.24) is 4.90 Å². The molecule has 0 radical (unpaired) electrons. The normalized spacial score (nSPS) is 26.5. The van der Waals surface area contributed by atoms with Crippen LogP contribution in [0.5, 0.6) is 0 Å². The zero-order valence-electron chi connectivity index (χ0n) is 9.74. The standard InChI is InChI=1S/C11H22N2O2/c1-3-4-7-15-11(14)13-6-5-10(12)8-9(13)2/h9-10H,3-8,12H2,1-2H3/t9-,10-/m0/s1. The second-order valence-electron chi connectivity index (χ2n) is 4.29. The molecule has 0 saturated carbocycles. The number of carbonyl (C=O) groups excluding carboxylic acids is 1. The third-order valence-corrected chi connectivity index (χ3v) is 2.87. The molecule has 2 N–H and O–H groups in total. The van der Waals surface area contributed by atoms with Crippen molar-refractivity contribution < 1.29 is 9.53 Å². The maximum absolute atomic E-state index is 11.7. The number of unbranched alkanes of at least 4 members (excludes halogenated alkanes) is 1. The molecule has 0 aromatic heterocycles. The van der Waals surface area contributed by atoms with Crippen LogP contribution in [0.3, 0.4) is 0 Å². The van der Waals surface area contributed by atoms with E-state index in [9.17, 15) is 4.79 Å². The molecule has 0 spiro atoms. The summed E-state index contributed by atoms with van der Waals surface area (Å²) in [7, 11) is 0. The molecule has 0 bridgehead atoms. The molecular weight excluding hydrogens is 192 g/mol. The lowest BCUT2D eigenvalue weighted by atomic mass is 10.00. The van der Waals surface area contributed by atoms with Crippen LogP contribution in [0.15, 0.2) is 0 Å². The molecule has 4 nitrogen and oxygen atoms in total. The largest absolute Gasteiger partial charge is 0.449 e. The first-order valence-corrected chi connectivity index (χ1v) is 5.84. The Morgan fingerprint density at radius 3 is 2.93 bits per heavy atom. The van der Waals surface area contributed by atoms with E-state index in [1.54, 1.807) is 4.90 Å². The van der Waals surface area contributed by atoms with Gasteiger partial charge in [-0.05, 0) is 26.2 Å². The minimum Gasteiger partial charge on any atom is -0.449 e. The molecule has 88 valence electrons. The number of hydrogen-bond acceptors (Lipinski definition) is 3. The molecule has 1 heterocycles. The van der Waals surface area contributed by atoms with Crippen molar-refractivity contribution in [2.75, 3.05) is 13.2 Å². The number of likely N-dealkylation sites (tertiary alicyclic amines) is 1. The number of nitrogens with zero attached hydrogens (tertiary/aromatic N) is 1. The fraction of sp³-hybridized carbons (Fsp3) is 0.909. The van der Waals surface area contributed by atoms with Gasteiger partial charge < -0.3 is 15.4 Å². The van der Waals surface area contributed by atoms with E-state index in [1.807, 2.05) is 6.92 Å². The van der Waals surface area contributed by atoms with Gasteiger partial charge in [0.25, 0.3) is 0 Å². The highest BCUT2D eigenvalue weighted by molar-refractivity contribution is 5.68. The van der Waals surface area contributed by atoms with Crippen molar-refractivity contribution >= 4 is 6.09 Å². The van der Waals surface area contributed by atoms with Crippen LogP contribution in [0, 0.1) is 0 Å². The van der Waals surface area contributed by atoms with Gasteiger partial charge in [0.05, 0.1) is 6.61 Å². The number of amides is 1. The maximum Gasteiger partial charge on any atom is 0.409 e.